The van der Waals surface area contributed by atoms with Crippen molar-refractivity contribution in [2.45, 2.75) is 45.7 Å². The minimum atomic E-state index is -4.56. The zero-order valence-electron chi connectivity index (χ0n) is 18.8. The summed E-state index contributed by atoms with van der Waals surface area (Å²) in [5, 5.41) is 0.586. The molecule has 0 fully saturated rings. The summed E-state index contributed by atoms with van der Waals surface area (Å²) in [7, 11) is 1.53. The Hall–Kier alpha value is -3.27. The van der Waals surface area contributed by atoms with Crippen LogP contribution in [0.4, 0.5) is 23.4 Å². The Balaban J connectivity index is 1.56. The van der Waals surface area contributed by atoms with E-state index >= 15 is 4.39 Å². The van der Waals surface area contributed by atoms with Crippen LogP contribution < -0.4 is 5.73 Å². The molecule has 1 aliphatic heterocycles. The Morgan fingerprint density at radius 2 is 1.88 bits per heavy atom. The van der Waals surface area contributed by atoms with Crippen LogP contribution in [-0.2, 0) is 30.5 Å². The summed E-state index contributed by atoms with van der Waals surface area (Å²) >= 11 is 0. The van der Waals surface area contributed by atoms with Crippen LogP contribution in [0.2, 0.25) is 0 Å². The summed E-state index contributed by atoms with van der Waals surface area (Å²) in [6, 6.07) is 4.33. The Morgan fingerprint density at radius 3 is 2.59 bits per heavy atom. The molecule has 10 heteroatoms. The molecule has 178 valence electrons. The first-order valence-electron chi connectivity index (χ1n) is 10.7. The van der Waals surface area contributed by atoms with Crippen molar-refractivity contribution in [1.29, 1.82) is 0 Å². The number of rotatable bonds is 2. The van der Waals surface area contributed by atoms with E-state index in [9.17, 15) is 18.0 Å². The fourth-order valence-electron chi connectivity index (χ4n) is 5.21. The lowest BCUT2D eigenvalue weighted by Crippen LogP contribution is -2.37. The number of nitrogens with two attached hydrogens (primary N) is 1. The lowest BCUT2D eigenvalue weighted by molar-refractivity contribution is -0.141. The van der Waals surface area contributed by atoms with Gasteiger partial charge in [-0.1, -0.05) is 19.9 Å². The van der Waals surface area contributed by atoms with Crippen LogP contribution in [0.3, 0.4) is 0 Å². The molecule has 1 aliphatic carbocycles. The molecule has 0 saturated carbocycles. The molecule has 5 rings (SSSR count). The number of ether oxygens (including phenoxy) is 1. The van der Waals surface area contributed by atoms with Crippen LogP contribution in [0.1, 0.15) is 58.3 Å². The molecule has 3 heterocycles. The number of carbonyl (C=O) groups excluding carboxylic acids is 1. The maximum atomic E-state index is 15.1. The molecular formula is C24H22F4N4O2. The smallest absolute Gasteiger partial charge is 0.383 e. The van der Waals surface area contributed by atoms with Crippen molar-refractivity contribution in [2.75, 3.05) is 12.8 Å². The van der Waals surface area contributed by atoms with Gasteiger partial charge in [0.05, 0.1) is 30.3 Å². The Bertz CT molecular complexity index is 1350. The molecule has 0 bridgehead atoms. The molecule has 0 radical (unpaired) electrons. The molecule has 0 saturated heterocycles. The normalized spacial score (nSPS) is 18.7. The van der Waals surface area contributed by atoms with Gasteiger partial charge in [-0.05, 0) is 35.1 Å². The maximum Gasteiger partial charge on any atom is 0.433 e. The van der Waals surface area contributed by atoms with Gasteiger partial charge in [-0.25, -0.2) is 14.4 Å². The van der Waals surface area contributed by atoms with E-state index in [0.717, 1.165) is 17.2 Å². The number of nitrogen functional groups attached to an aromatic ring is 1. The second-order valence-corrected chi connectivity index (χ2v) is 9.51. The lowest BCUT2D eigenvalue weighted by atomic mass is 9.84. The summed E-state index contributed by atoms with van der Waals surface area (Å²) in [4.78, 5) is 22.9. The summed E-state index contributed by atoms with van der Waals surface area (Å²) in [5.74, 6) is -1.07. The van der Waals surface area contributed by atoms with Crippen molar-refractivity contribution >= 4 is 22.6 Å². The number of pyridine rings is 2. The second kappa shape index (κ2) is 7.36. The fourth-order valence-corrected chi connectivity index (χ4v) is 5.21. The summed E-state index contributed by atoms with van der Waals surface area (Å²) < 4.78 is 60.0. The van der Waals surface area contributed by atoms with E-state index in [2.05, 4.69) is 9.97 Å². The number of nitrogens with zero attached hydrogens (tertiary/aromatic N) is 3. The Kier molecular flexibility index (Phi) is 4.88. The predicted molar refractivity (Wildman–Crippen MR) is 116 cm³/mol. The van der Waals surface area contributed by atoms with E-state index in [4.69, 9.17) is 10.5 Å². The van der Waals surface area contributed by atoms with E-state index in [1.807, 2.05) is 13.8 Å². The monoisotopic (exact) mass is 474 g/mol. The largest absolute Gasteiger partial charge is 0.433 e. The third-order valence-corrected chi connectivity index (χ3v) is 6.71. The number of hydrogen-bond donors (Lipinski definition) is 1. The Labute approximate surface area is 192 Å². The highest BCUT2D eigenvalue weighted by Gasteiger charge is 2.45. The van der Waals surface area contributed by atoms with Gasteiger partial charge in [0.2, 0.25) is 0 Å². The van der Waals surface area contributed by atoms with E-state index in [-0.39, 0.29) is 30.1 Å². The van der Waals surface area contributed by atoms with E-state index in [1.165, 1.54) is 30.1 Å². The number of fused-ring (bicyclic) bond motifs is 4. The molecule has 2 N–H and O–H groups in total. The molecule has 1 atom stereocenters. The highest BCUT2D eigenvalue weighted by Crippen LogP contribution is 2.48. The van der Waals surface area contributed by atoms with Crippen LogP contribution in [0.5, 0.6) is 0 Å². The van der Waals surface area contributed by atoms with Gasteiger partial charge in [-0.2, -0.15) is 13.2 Å². The molecule has 34 heavy (non-hydrogen) atoms. The first-order valence-corrected chi connectivity index (χ1v) is 10.7. The van der Waals surface area contributed by atoms with Crippen molar-refractivity contribution in [3.8, 4) is 0 Å². The average molecular weight is 474 g/mol. The van der Waals surface area contributed by atoms with E-state index in [0.29, 0.717) is 23.1 Å². The number of carbonyl (C=O) groups is 1. The minimum Gasteiger partial charge on any atom is -0.383 e. The highest BCUT2D eigenvalue weighted by molar-refractivity contribution is 5.99. The van der Waals surface area contributed by atoms with Crippen molar-refractivity contribution in [3.05, 3.63) is 63.7 Å². The van der Waals surface area contributed by atoms with E-state index < -0.39 is 35.1 Å². The first-order chi connectivity index (χ1) is 15.9. The molecule has 0 spiro atoms. The van der Waals surface area contributed by atoms with Gasteiger partial charge in [0.25, 0.3) is 5.91 Å². The molecule has 0 unspecified atom stereocenters. The standard InChI is InChI=1S/C24H22F4N4O2/c1-23(2)8-18-11(4-5-19(30-18)24(26,27)28)20(23)32(3)22(33)13-6-12-14-9-34-10-15(14)21(29)31-17(12)7-16(13)25/h4-7,20H,8-10H2,1-3H3,(H2,29,31)/t20-/m0/s1. The zero-order chi connectivity index (χ0) is 24.6. The van der Waals surface area contributed by atoms with Gasteiger partial charge >= 0.3 is 6.18 Å². The molecule has 2 aromatic heterocycles. The number of benzene rings is 1. The summed E-state index contributed by atoms with van der Waals surface area (Å²) in [5.41, 5.74) is 6.87. The molecular weight excluding hydrogens is 452 g/mol. The molecule has 3 aromatic rings. The van der Waals surface area contributed by atoms with Gasteiger partial charge in [-0.15, -0.1) is 0 Å². The van der Waals surface area contributed by atoms with Gasteiger partial charge in [-0.3, -0.25) is 4.79 Å². The lowest BCUT2D eigenvalue weighted by Gasteiger charge is -2.35. The van der Waals surface area contributed by atoms with Gasteiger partial charge in [0.15, 0.2) is 0 Å². The number of halogens is 4. The van der Waals surface area contributed by atoms with Crippen molar-refractivity contribution in [2.24, 2.45) is 5.41 Å². The van der Waals surface area contributed by atoms with Gasteiger partial charge in [0.1, 0.15) is 17.3 Å². The average Bonchev–Trinajstić information content (AvgIpc) is 3.33. The highest BCUT2D eigenvalue weighted by atomic mass is 19.4. The zero-order valence-corrected chi connectivity index (χ0v) is 18.8. The number of alkyl halides is 3. The van der Waals surface area contributed by atoms with Crippen LogP contribution in [-0.4, -0.2) is 27.8 Å². The maximum absolute atomic E-state index is 15.1. The van der Waals surface area contributed by atoms with Gasteiger partial charge in [0, 0.05) is 29.8 Å². The minimum absolute atomic E-state index is 0.153. The first kappa shape index (κ1) is 22.5. The predicted octanol–water partition coefficient (Wildman–Crippen LogP) is 4.80. The van der Waals surface area contributed by atoms with Crippen molar-refractivity contribution in [3.63, 3.8) is 0 Å². The molecule has 1 aromatic carbocycles. The van der Waals surface area contributed by atoms with Crippen molar-refractivity contribution < 1.29 is 27.1 Å². The fraction of sp³-hybridized carbons (Fsp3) is 0.375. The molecule has 2 aliphatic rings. The topological polar surface area (TPSA) is 81.3 Å². The van der Waals surface area contributed by atoms with E-state index in [1.54, 1.807) is 0 Å². The summed E-state index contributed by atoms with van der Waals surface area (Å²) in [6.45, 7) is 4.28. The van der Waals surface area contributed by atoms with Crippen LogP contribution in [0, 0.1) is 11.2 Å². The number of anilines is 1. The van der Waals surface area contributed by atoms with Crippen LogP contribution >= 0.6 is 0 Å². The number of amides is 1. The van der Waals surface area contributed by atoms with Crippen molar-refractivity contribution in [1.82, 2.24) is 14.9 Å². The third-order valence-electron chi connectivity index (χ3n) is 6.71. The SMILES string of the molecule is CN(C(=O)c1cc2c3c(c(N)nc2cc1F)COC3)[C@H]1c2ccc(C(F)(F)F)nc2CC1(C)C. The van der Waals surface area contributed by atoms with Crippen LogP contribution in [0.25, 0.3) is 10.9 Å². The Morgan fingerprint density at radius 1 is 1.18 bits per heavy atom. The quantitative estimate of drug-likeness (QED) is 0.540. The van der Waals surface area contributed by atoms with Crippen LogP contribution in [0.15, 0.2) is 24.3 Å². The number of hydrogen-bond acceptors (Lipinski definition) is 5. The van der Waals surface area contributed by atoms with Gasteiger partial charge < -0.3 is 15.4 Å². The summed E-state index contributed by atoms with van der Waals surface area (Å²) in [6.07, 6.45) is -4.31. The number of aromatic nitrogens is 2. The molecule has 6 nitrogen and oxygen atoms in total. The third kappa shape index (κ3) is 3.39. The second-order valence-electron chi connectivity index (χ2n) is 9.51. The molecule has 1 amide bonds.